The van der Waals surface area contributed by atoms with Crippen molar-refractivity contribution in [1.29, 1.82) is 0 Å². The molecule has 130 valence electrons. The van der Waals surface area contributed by atoms with Crippen molar-refractivity contribution in [2.75, 3.05) is 5.32 Å². The maximum atomic E-state index is 12.5. The first kappa shape index (κ1) is 17.1. The number of amides is 2. The van der Waals surface area contributed by atoms with Gasteiger partial charge in [0.25, 0.3) is 11.8 Å². The molecule has 1 heterocycles. The normalized spacial score (nSPS) is 14.3. The molecule has 1 aromatic heterocycles. The van der Waals surface area contributed by atoms with E-state index in [2.05, 4.69) is 15.6 Å². The molecule has 25 heavy (non-hydrogen) atoms. The van der Waals surface area contributed by atoms with E-state index in [4.69, 9.17) is 0 Å². The zero-order chi connectivity index (χ0) is 17.8. The number of anilines is 1. The largest absolute Gasteiger partial charge is 0.349 e. The molecule has 0 radical (unpaired) electrons. The van der Waals surface area contributed by atoms with E-state index in [9.17, 15) is 9.59 Å². The van der Waals surface area contributed by atoms with E-state index in [1.807, 2.05) is 32.0 Å². The lowest BCUT2D eigenvalue weighted by atomic mass is 10.1. The van der Waals surface area contributed by atoms with Gasteiger partial charge >= 0.3 is 0 Å². The molecule has 0 aliphatic heterocycles. The maximum absolute atomic E-state index is 12.5. The molecule has 1 aromatic carbocycles. The Labute approximate surface area is 147 Å². The van der Waals surface area contributed by atoms with Gasteiger partial charge in [0, 0.05) is 23.5 Å². The van der Waals surface area contributed by atoms with E-state index in [0.29, 0.717) is 5.56 Å². The van der Waals surface area contributed by atoms with Gasteiger partial charge in [-0.3, -0.25) is 14.6 Å². The lowest BCUT2D eigenvalue weighted by Gasteiger charge is -2.13. The Morgan fingerprint density at radius 1 is 1.08 bits per heavy atom. The highest BCUT2D eigenvalue weighted by atomic mass is 16.2. The molecule has 3 rings (SSSR count). The Morgan fingerprint density at radius 2 is 1.84 bits per heavy atom. The average molecular weight is 337 g/mol. The Balaban J connectivity index is 1.72. The van der Waals surface area contributed by atoms with Crippen LogP contribution in [0.4, 0.5) is 5.69 Å². The quantitative estimate of drug-likeness (QED) is 0.895. The zero-order valence-corrected chi connectivity index (χ0v) is 14.6. The summed E-state index contributed by atoms with van der Waals surface area (Å²) in [5.74, 6) is -0.459. The van der Waals surface area contributed by atoms with Gasteiger partial charge < -0.3 is 10.6 Å². The minimum atomic E-state index is -0.316. The van der Waals surface area contributed by atoms with Crippen molar-refractivity contribution in [2.45, 2.75) is 45.6 Å². The zero-order valence-electron chi connectivity index (χ0n) is 14.6. The Morgan fingerprint density at radius 3 is 2.60 bits per heavy atom. The van der Waals surface area contributed by atoms with Crippen molar-refractivity contribution in [3.8, 4) is 0 Å². The van der Waals surface area contributed by atoms with Crippen LogP contribution in [0.1, 0.15) is 57.7 Å². The number of aromatic nitrogens is 1. The third-order valence-corrected chi connectivity index (χ3v) is 4.80. The van der Waals surface area contributed by atoms with Crippen LogP contribution in [0.5, 0.6) is 0 Å². The van der Waals surface area contributed by atoms with Crippen LogP contribution < -0.4 is 10.6 Å². The molecule has 0 atom stereocenters. The molecule has 2 N–H and O–H groups in total. The van der Waals surface area contributed by atoms with Gasteiger partial charge in [-0.2, -0.15) is 0 Å². The molecule has 1 aliphatic rings. The third-order valence-electron chi connectivity index (χ3n) is 4.80. The number of carbonyl (C=O) groups is 2. The summed E-state index contributed by atoms with van der Waals surface area (Å²) >= 11 is 0. The number of carbonyl (C=O) groups excluding carboxylic acids is 2. The summed E-state index contributed by atoms with van der Waals surface area (Å²) in [4.78, 5) is 29.0. The molecule has 2 amide bonds. The van der Waals surface area contributed by atoms with Crippen LogP contribution in [-0.4, -0.2) is 22.8 Å². The van der Waals surface area contributed by atoms with Gasteiger partial charge in [-0.05, 0) is 56.0 Å². The predicted octanol–water partition coefficient (Wildman–Crippen LogP) is 3.62. The molecule has 0 unspecified atom stereocenters. The van der Waals surface area contributed by atoms with E-state index >= 15 is 0 Å². The van der Waals surface area contributed by atoms with E-state index < -0.39 is 0 Å². The van der Waals surface area contributed by atoms with Crippen LogP contribution in [0.15, 0.2) is 36.5 Å². The second-order valence-electron chi connectivity index (χ2n) is 6.59. The smallest absolute Gasteiger partial charge is 0.274 e. The number of nitrogens with zero attached hydrogens (tertiary/aromatic N) is 1. The molecule has 0 bridgehead atoms. The molecule has 2 aromatic rings. The number of hydrogen-bond donors (Lipinski definition) is 2. The minimum absolute atomic E-state index is 0.143. The molecule has 1 aliphatic carbocycles. The molecule has 5 heteroatoms. The first-order valence-corrected chi connectivity index (χ1v) is 8.69. The molecular weight excluding hydrogens is 314 g/mol. The third kappa shape index (κ3) is 4.05. The highest BCUT2D eigenvalue weighted by Crippen LogP contribution is 2.20. The lowest BCUT2D eigenvalue weighted by Crippen LogP contribution is -2.32. The van der Waals surface area contributed by atoms with Gasteiger partial charge in [0.15, 0.2) is 0 Å². The predicted molar refractivity (Wildman–Crippen MR) is 97.8 cm³/mol. The number of aryl methyl sites for hydroxylation is 1. The number of rotatable bonds is 4. The van der Waals surface area contributed by atoms with Crippen molar-refractivity contribution in [1.82, 2.24) is 10.3 Å². The molecular formula is C20H23N3O2. The summed E-state index contributed by atoms with van der Waals surface area (Å²) in [6, 6.07) is 9.18. The summed E-state index contributed by atoms with van der Waals surface area (Å²) in [6.07, 6.45) is 5.87. The monoisotopic (exact) mass is 337 g/mol. The SMILES string of the molecule is Cc1cccc(NC(=O)c2cc(C(=O)NC3CCCC3)ccn2)c1C. The molecule has 1 fully saturated rings. The highest BCUT2D eigenvalue weighted by Gasteiger charge is 2.19. The topological polar surface area (TPSA) is 71.1 Å². The van der Waals surface area contributed by atoms with Gasteiger partial charge in [0.2, 0.25) is 0 Å². The summed E-state index contributed by atoms with van der Waals surface area (Å²) in [7, 11) is 0. The summed E-state index contributed by atoms with van der Waals surface area (Å²) in [6.45, 7) is 3.96. The van der Waals surface area contributed by atoms with Crippen LogP contribution in [0.2, 0.25) is 0 Å². The first-order chi connectivity index (χ1) is 12.0. The van der Waals surface area contributed by atoms with Crippen LogP contribution >= 0.6 is 0 Å². The van der Waals surface area contributed by atoms with Crippen molar-refractivity contribution in [3.05, 3.63) is 58.9 Å². The number of nitrogens with one attached hydrogen (secondary N) is 2. The van der Waals surface area contributed by atoms with E-state index in [1.54, 1.807) is 12.1 Å². The van der Waals surface area contributed by atoms with E-state index in [-0.39, 0.29) is 23.6 Å². The molecule has 5 nitrogen and oxygen atoms in total. The van der Waals surface area contributed by atoms with Gasteiger partial charge in [-0.25, -0.2) is 0 Å². The fourth-order valence-corrected chi connectivity index (χ4v) is 3.11. The fraction of sp³-hybridized carbons (Fsp3) is 0.350. The van der Waals surface area contributed by atoms with Crippen LogP contribution in [0.3, 0.4) is 0 Å². The fourth-order valence-electron chi connectivity index (χ4n) is 3.11. The van der Waals surface area contributed by atoms with Crippen molar-refractivity contribution in [3.63, 3.8) is 0 Å². The van der Waals surface area contributed by atoms with E-state index in [1.165, 1.54) is 6.20 Å². The number of pyridine rings is 1. The van der Waals surface area contributed by atoms with Crippen LogP contribution in [0, 0.1) is 13.8 Å². The number of benzene rings is 1. The first-order valence-electron chi connectivity index (χ1n) is 8.69. The van der Waals surface area contributed by atoms with Gasteiger partial charge in [-0.1, -0.05) is 25.0 Å². The maximum Gasteiger partial charge on any atom is 0.274 e. The van der Waals surface area contributed by atoms with Gasteiger partial charge in [-0.15, -0.1) is 0 Å². The highest BCUT2D eigenvalue weighted by molar-refractivity contribution is 6.05. The van der Waals surface area contributed by atoms with Gasteiger partial charge in [0.1, 0.15) is 5.69 Å². The second kappa shape index (κ2) is 7.47. The second-order valence-corrected chi connectivity index (χ2v) is 6.59. The summed E-state index contributed by atoms with van der Waals surface area (Å²) in [5.41, 5.74) is 3.59. The minimum Gasteiger partial charge on any atom is -0.349 e. The lowest BCUT2D eigenvalue weighted by molar-refractivity contribution is 0.0937. The van der Waals surface area contributed by atoms with E-state index in [0.717, 1.165) is 42.5 Å². The average Bonchev–Trinajstić information content (AvgIpc) is 3.12. The Hall–Kier alpha value is -2.69. The standard InChI is InChI=1S/C20H23N3O2/c1-13-6-5-9-17(14(13)2)23-20(25)18-12-15(10-11-21-18)19(24)22-16-7-3-4-8-16/h5-6,9-12,16H,3-4,7-8H2,1-2H3,(H,22,24)(H,23,25). The molecule has 0 spiro atoms. The van der Waals surface area contributed by atoms with Crippen LogP contribution in [-0.2, 0) is 0 Å². The Bertz CT molecular complexity index is 795. The number of hydrogen-bond acceptors (Lipinski definition) is 3. The molecule has 1 saturated carbocycles. The molecule has 0 saturated heterocycles. The summed E-state index contributed by atoms with van der Waals surface area (Å²) < 4.78 is 0. The van der Waals surface area contributed by atoms with Crippen molar-refractivity contribution in [2.24, 2.45) is 0 Å². The van der Waals surface area contributed by atoms with Crippen molar-refractivity contribution < 1.29 is 9.59 Å². The Kier molecular flexibility index (Phi) is 5.12. The van der Waals surface area contributed by atoms with Gasteiger partial charge in [0.05, 0.1) is 0 Å². The van der Waals surface area contributed by atoms with Crippen LogP contribution in [0.25, 0.3) is 0 Å². The van der Waals surface area contributed by atoms with Crippen molar-refractivity contribution >= 4 is 17.5 Å². The summed E-state index contributed by atoms with van der Waals surface area (Å²) in [5, 5.41) is 5.90.